The van der Waals surface area contributed by atoms with Crippen LogP contribution >= 0.6 is 11.6 Å². The zero-order chi connectivity index (χ0) is 14.5. The van der Waals surface area contributed by atoms with Gasteiger partial charge in [-0.15, -0.1) is 11.6 Å². The number of fused-ring (bicyclic) bond motifs is 1. The van der Waals surface area contributed by atoms with Crippen molar-refractivity contribution in [3.8, 4) is 5.75 Å². The molecule has 0 saturated heterocycles. The van der Waals surface area contributed by atoms with Crippen molar-refractivity contribution in [2.45, 2.75) is 19.9 Å². The summed E-state index contributed by atoms with van der Waals surface area (Å²) in [6.45, 7) is 2.76. The minimum atomic E-state index is -0.0324. The topological polar surface area (TPSA) is 56.1 Å². The number of benzene rings is 1. The molecule has 0 bridgehead atoms. The van der Waals surface area contributed by atoms with Gasteiger partial charge in [-0.25, -0.2) is 4.98 Å². The van der Waals surface area contributed by atoms with Crippen LogP contribution in [0.25, 0.3) is 11.0 Å². The van der Waals surface area contributed by atoms with Gasteiger partial charge in [-0.1, -0.05) is 0 Å². The molecule has 0 aliphatic heterocycles. The van der Waals surface area contributed by atoms with Gasteiger partial charge in [0.15, 0.2) is 0 Å². The third-order valence-corrected chi connectivity index (χ3v) is 3.25. The summed E-state index contributed by atoms with van der Waals surface area (Å²) in [4.78, 5) is 15.6. The highest BCUT2D eigenvalue weighted by Crippen LogP contribution is 2.22. The number of nitrogens with zero attached hydrogens (tertiary/aromatic N) is 2. The van der Waals surface area contributed by atoms with E-state index in [2.05, 4.69) is 14.9 Å². The van der Waals surface area contributed by atoms with Crippen LogP contribution in [0.3, 0.4) is 0 Å². The van der Waals surface area contributed by atoms with Crippen LogP contribution in [0.2, 0.25) is 0 Å². The van der Waals surface area contributed by atoms with Crippen molar-refractivity contribution >= 4 is 28.5 Å². The number of imidazole rings is 1. The monoisotopic (exact) mass is 295 g/mol. The molecule has 20 heavy (non-hydrogen) atoms. The zero-order valence-electron chi connectivity index (χ0n) is 11.6. The molecule has 0 radical (unpaired) electrons. The lowest BCUT2D eigenvalue weighted by Gasteiger charge is -2.09. The maximum absolute atomic E-state index is 11.0. The van der Waals surface area contributed by atoms with E-state index in [4.69, 9.17) is 16.3 Å². The van der Waals surface area contributed by atoms with E-state index in [-0.39, 0.29) is 5.91 Å². The molecule has 2 aromatic rings. The van der Waals surface area contributed by atoms with E-state index in [1.807, 2.05) is 18.2 Å². The number of carbonyl (C=O) groups is 1. The van der Waals surface area contributed by atoms with Crippen LogP contribution in [-0.2, 0) is 17.8 Å². The highest BCUT2D eigenvalue weighted by Gasteiger charge is 2.11. The molecule has 0 saturated carbocycles. The Labute approximate surface area is 122 Å². The second-order valence-corrected chi connectivity index (χ2v) is 4.83. The summed E-state index contributed by atoms with van der Waals surface area (Å²) >= 11 is 5.83. The number of aryl methyl sites for hydroxylation is 1. The Morgan fingerprint density at radius 2 is 2.30 bits per heavy atom. The first-order chi connectivity index (χ1) is 9.65. The molecule has 108 valence electrons. The number of rotatable bonds is 6. The molecule has 0 aliphatic rings. The molecule has 0 aliphatic carbocycles. The largest absolute Gasteiger partial charge is 0.497 e. The minimum Gasteiger partial charge on any atom is -0.497 e. The number of alkyl halides is 1. The fraction of sp³-hybridized carbons (Fsp3) is 0.429. The lowest BCUT2D eigenvalue weighted by Crippen LogP contribution is -2.25. The summed E-state index contributed by atoms with van der Waals surface area (Å²) in [5.41, 5.74) is 1.91. The van der Waals surface area contributed by atoms with Gasteiger partial charge >= 0.3 is 0 Å². The number of hydrogen-bond donors (Lipinski definition) is 1. The number of hydrogen-bond acceptors (Lipinski definition) is 3. The number of aromatic nitrogens is 2. The van der Waals surface area contributed by atoms with Gasteiger partial charge in [0.05, 0.1) is 18.1 Å². The molecular weight excluding hydrogens is 278 g/mol. The van der Waals surface area contributed by atoms with Gasteiger partial charge in [0.25, 0.3) is 0 Å². The predicted molar refractivity (Wildman–Crippen MR) is 79.4 cm³/mol. The Hall–Kier alpha value is -1.75. The molecule has 0 atom stereocenters. The van der Waals surface area contributed by atoms with Crippen molar-refractivity contribution in [2.75, 3.05) is 19.5 Å². The molecule has 1 aromatic carbocycles. The van der Waals surface area contributed by atoms with Crippen molar-refractivity contribution in [3.05, 3.63) is 24.0 Å². The molecule has 6 heteroatoms. The van der Waals surface area contributed by atoms with Gasteiger partial charge in [0, 0.05) is 38.4 Å². The number of ether oxygens (including phenoxy) is 1. The van der Waals surface area contributed by atoms with E-state index in [1.165, 1.54) is 6.92 Å². The van der Waals surface area contributed by atoms with E-state index < -0.39 is 0 Å². The van der Waals surface area contributed by atoms with E-state index in [0.717, 1.165) is 22.6 Å². The molecule has 1 aromatic heterocycles. The SMILES string of the molecule is COc1ccc2c(c1)nc(CCCl)n2CCNC(C)=O. The Morgan fingerprint density at radius 3 is 2.95 bits per heavy atom. The van der Waals surface area contributed by atoms with Gasteiger partial charge in [0.1, 0.15) is 11.6 Å². The van der Waals surface area contributed by atoms with E-state index >= 15 is 0 Å². The van der Waals surface area contributed by atoms with Crippen LogP contribution < -0.4 is 10.1 Å². The van der Waals surface area contributed by atoms with Crippen LogP contribution in [0.15, 0.2) is 18.2 Å². The second kappa shape index (κ2) is 6.61. The second-order valence-electron chi connectivity index (χ2n) is 4.46. The minimum absolute atomic E-state index is 0.0324. The summed E-state index contributed by atoms with van der Waals surface area (Å²) in [7, 11) is 1.63. The third kappa shape index (κ3) is 3.22. The van der Waals surface area contributed by atoms with Crippen molar-refractivity contribution in [1.82, 2.24) is 14.9 Å². The zero-order valence-corrected chi connectivity index (χ0v) is 12.4. The first-order valence-electron chi connectivity index (χ1n) is 6.49. The van der Waals surface area contributed by atoms with Gasteiger partial charge in [-0.3, -0.25) is 4.79 Å². The normalized spacial score (nSPS) is 10.8. The molecule has 0 spiro atoms. The van der Waals surface area contributed by atoms with E-state index in [1.54, 1.807) is 7.11 Å². The summed E-state index contributed by atoms with van der Waals surface area (Å²) in [5, 5.41) is 2.80. The fourth-order valence-corrected chi connectivity index (χ4v) is 2.32. The standard InChI is InChI=1S/C14H18ClN3O2/c1-10(19)16-7-8-18-13-4-3-11(20-2)9-12(13)17-14(18)5-6-15/h3-4,9H,5-8H2,1-2H3,(H,16,19). The highest BCUT2D eigenvalue weighted by molar-refractivity contribution is 6.17. The number of methoxy groups -OCH3 is 1. The first-order valence-corrected chi connectivity index (χ1v) is 7.02. The van der Waals surface area contributed by atoms with Gasteiger partial charge < -0.3 is 14.6 Å². The Bertz CT molecular complexity index is 610. The predicted octanol–water partition coefficient (Wildman–Crippen LogP) is 1.96. The van der Waals surface area contributed by atoms with Crippen LogP contribution in [0.4, 0.5) is 0 Å². The number of nitrogens with one attached hydrogen (secondary N) is 1. The molecule has 1 heterocycles. The maximum atomic E-state index is 11.0. The third-order valence-electron chi connectivity index (χ3n) is 3.06. The molecular formula is C14H18ClN3O2. The van der Waals surface area contributed by atoms with Gasteiger partial charge in [-0.05, 0) is 12.1 Å². The average Bonchev–Trinajstić information content (AvgIpc) is 2.76. The van der Waals surface area contributed by atoms with E-state index in [0.29, 0.717) is 25.4 Å². The van der Waals surface area contributed by atoms with Crippen molar-refractivity contribution in [3.63, 3.8) is 0 Å². The molecule has 1 N–H and O–H groups in total. The van der Waals surface area contributed by atoms with Crippen molar-refractivity contribution < 1.29 is 9.53 Å². The van der Waals surface area contributed by atoms with Crippen molar-refractivity contribution in [1.29, 1.82) is 0 Å². The number of halogens is 1. The molecule has 1 amide bonds. The summed E-state index contributed by atoms with van der Waals surface area (Å²) in [6, 6.07) is 5.79. The first kappa shape index (κ1) is 14.7. The average molecular weight is 296 g/mol. The van der Waals surface area contributed by atoms with Crippen LogP contribution in [0, 0.1) is 0 Å². The highest BCUT2D eigenvalue weighted by atomic mass is 35.5. The summed E-state index contributed by atoms with van der Waals surface area (Å²) in [5.74, 6) is 2.19. The molecule has 0 fully saturated rings. The summed E-state index contributed by atoms with van der Waals surface area (Å²) < 4.78 is 7.30. The lowest BCUT2D eigenvalue weighted by molar-refractivity contribution is -0.118. The maximum Gasteiger partial charge on any atom is 0.216 e. The van der Waals surface area contributed by atoms with Gasteiger partial charge in [0.2, 0.25) is 5.91 Å². The van der Waals surface area contributed by atoms with Crippen molar-refractivity contribution in [2.24, 2.45) is 0 Å². The lowest BCUT2D eigenvalue weighted by atomic mass is 10.3. The number of amides is 1. The van der Waals surface area contributed by atoms with Crippen LogP contribution in [0.5, 0.6) is 5.75 Å². The van der Waals surface area contributed by atoms with E-state index in [9.17, 15) is 4.79 Å². The Kier molecular flexibility index (Phi) is 4.84. The van der Waals surface area contributed by atoms with Crippen LogP contribution in [0.1, 0.15) is 12.7 Å². The Balaban J connectivity index is 2.32. The Morgan fingerprint density at radius 1 is 1.50 bits per heavy atom. The van der Waals surface area contributed by atoms with Crippen LogP contribution in [-0.4, -0.2) is 35.0 Å². The smallest absolute Gasteiger partial charge is 0.216 e. The quantitative estimate of drug-likeness (QED) is 0.829. The summed E-state index contributed by atoms with van der Waals surface area (Å²) in [6.07, 6.45) is 0.693. The van der Waals surface area contributed by atoms with Gasteiger partial charge in [-0.2, -0.15) is 0 Å². The molecule has 5 nitrogen and oxygen atoms in total. The molecule has 2 rings (SSSR count). The fourth-order valence-electron chi connectivity index (χ4n) is 2.16. The molecule has 0 unspecified atom stereocenters. The number of carbonyl (C=O) groups excluding carboxylic acids is 1.